The first-order valence-electron chi connectivity index (χ1n) is 7.52. The summed E-state index contributed by atoms with van der Waals surface area (Å²) in [5, 5.41) is 10.4. The first-order valence-corrected chi connectivity index (χ1v) is 7.52. The molecule has 2 aliphatic heterocycles. The van der Waals surface area contributed by atoms with Crippen LogP contribution in [0.25, 0.3) is 0 Å². The number of piperidine rings is 1. The van der Waals surface area contributed by atoms with Crippen molar-refractivity contribution in [1.29, 1.82) is 0 Å². The quantitative estimate of drug-likeness (QED) is 0.926. The number of aryl methyl sites for hydroxylation is 1. The van der Waals surface area contributed by atoms with Crippen LogP contribution in [0.2, 0.25) is 0 Å². The molecule has 116 valence electrons. The maximum Gasteiger partial charge on any atom is 0.170 e. The Balaban J connectivity index is 1.57. The molecule has 2 heterocycles. The summed E-state index contributed by atoms with van der Waals surface area (Å²) in [6, 6.07) is 4.53. The van der Waals surface area contributed by atoms with E-state index in [4.69, 9.17) is 9.47 Å². The predicted octanol–water partition coefficient (Wildman–Crippen LogP) is 2.01. The molecule has 0 saturated carbocycles. The maximum atomic E-state index is 13.1. The van der Waals surface area contributed by atoms with E-state index in [0.717, 1.165) is 37.1 Å². The largest absolute Gasteiger partial charge is 0.387 e. The van der Waals surface area contributed by atoms with Crippen LogP contribution >= 0.6 is 0 Å². The van der Waals surface area contributed by atoms with Crippen LogP contribution in [0.3, 0.4) is 0 Å². The van der Waals surface area contributed by atoms with Gasteiger partial charge >= 0.3 is 0 Å². The predicted molar refractivity (Wildman–Crippen MR) is 76.4 cm³/mol. The van der Waals surface area contributed by atoms with Crippen LogP contribution < -0.4 is 0 Å². The molecule has 2 aliphatic rings. The average molecular weight is 295 g/mol. The van der Waals surface area contributed by atoms with Crippen molar-refractivity contribution in [3.63, 3.8) is 0 Å². The van der Waals surface area contributed by atoms with Crippen molar-refractivity contribution >= 4 is 0 Å². The van der Waals surface area contributed by atoms with Gasteiger partial charge in [-0.25, -0.2) is 4.39 Å². The summed E-state index contributed by atoms with van der Waals surface area (Å²) < 4.78 is 24.5. The van der Waals surface area contributed by atoms with Crippen molar-refractivity contribution in [1.82, 2.24) is 4.90 Å². The van der Waals surface area contributed by atoms with Crippen molar-refractivity contribution < 1.29 is 19.0 Å². The van der Waals surface area contributed by atoms with Gasteiger partial charge in [-0.3, -0.25) is 0 Å². The molecule has 0 aromatic heterocycles. The molecule has 1 aromatic carbocycles. The number of hydrogen-bond donors (Lipinski definition) is 1. The van der Waals surface area contributed by atoms with E-state index >= 15 is 0 Å². The van der Waals surface area contributed by atoms with Gasteiger partial charge in [-0.15, -0.1) is 0 Å². The van der Waals surface area contributed by atoms with E-state index in [0.29, 0.717) is 19.8 Å². The monoisotopic (exact) mass is 295 g/mol. The van der Waals surface area contributed by atoms with Gasteiger partial charge < -0.3 is 19.5 Å². The Labute approximate surface area is 124 Å². The molecule has 1 aromatic rings. The number of halogens is 1. The van der Waals surface area contributed by atoms with Gasteiger partial charge in [-0.2, -0.15) is 0 Å². The lowest BCUT2D eigenvalue weighted by molar-refractivity contribution is -0.186. The number of benzene rings is 1. The number of β-amino-alcohol motifs (C(OH)–C–C–N with tert-alkyl or cyclic N) is 1. The van der Waals surface area contributed by atoms with Crippen LogP contribution in [0, 0.1) is 12.7 Å². The summed E-state index contributed by atoms with van der Waals surface area (Å²) in [6.07, 6.45) is 1.08. The summed E-state index contributed by atoms with van der Waals surface area (Å²) >= 11 is 0. The highest BCUT2D eigenvalue weighted by molar-refractivity contribution is 5.28. The van der Waals surface area contributed by atoms with Crippen LogP contribution in [-0.2, 0) is 9.47 Å². The van der Waals surface area contributed by atoms with Crippen molar-refractivity contribution in [3.8, 4) is 0 Å². The van der Waals surface area contributed by atoms with Crippen molar-refractivity contribution in [2.75, 3.05) is 32.8 Å². The van der Waals surface area contributed by atoms with Gasteiger partial charge in [0.2, 0.25) is 0 Å². The van der Waals surface area contributed by atoms with Gasteiger partial charge in [-0.05, 0) is 30.2 Å². The number of aliphatic hydroxyl groups excluding tert-OH is 1. The molecular weight excluding hydrogens is 273 g/mol. The number of ether oxygens (including phenoxy) is 2. The molecule has 21 heavy (non-hydrogen) atoms. The second-order valence-electron chi connectivity index (χ2n) is 5.92. The summed E-state index contributed by atoms with van der Waals surface area (Å²) in [4.78, 5) is 2.21. The summed E-state index contributed by atoms with van der Waals surface area (Å²) in [7, 11) is 0. The van der Waals surface area contributed by atoms with E-state index in [1.807, 2.05) is 6.92 Å². The van der Waals surface area contributed by atoms with Crippen LogP contribution in [-0.4, -0.2) is 48.6 Å². The molecule has 2 fully saturated rings. The molecule has 0 bridgehead atoms. The molecule has 1 unspecified atom stereocenters. The average Bonchev–Trinajstić information content (AvgIpc) is 2.90. The third-order valence-corrected chi connectivity index (χ3v) is 4.45. The molecular formula is C16H22FNO3. The van der Waals surface area contributed by atoms with Crippen molar-refractivity contribution in [3.05, 3.63) is 35.1 Å². The number of hydrogen-bond acceptors (Lipinski definition) is 4. The highest BCUT2D eigenvalue weighted by Gasteiger charge is 2.39. The van der Waals surface area contributed by atoms with Gasteiger partial charge in [0.15, 0.2) is 5.79 Å². The van der Waals surface area contributed by atoms with Gasteiger partial charge in [0, 0.05) is 32.5 Å². The highest BCUT2D eigenvalue weighted by atomic mass is 19.1. The molecule has 0 amide bonds. The maximum absolute atomic E-state index is 13.1. The lowest BCUT2D eigenvalue weighted by Gasteiger charge is -2.38. The third-order valence-electron chi connectivity index (χ3n) is 4.45. The van der Waals surface area contributed by atoms with Crippen LogP contribution in [0.5, 0.6) is 0 Å². The highest BCUT2D eigenvalue weighted by Crippen LogP contribution is 2.32. The van der Waals surface area contributed by atoms with Crippen molar-refractivity contribution in [2.24, 2.45) is 0 Å². The molecule has 0 aliphatic carbocycles. The van der Waals surface area contributed by atoms with Gasteiger partial charge in [0.25, 0.3) is 0 Å². The zero-order valence-electron chi connectivity index (χ0n) is 12.3. The van der Waals surface area contributed by atoms with E-state index in [1.54, 1.807) is 6.07 Å². The third kappa shape index (κ3) is 3.26. The molecule has 3 rings (SSSR count). The van der Waals surface area contributed by atoms with Gasteiger partial charge in [0.1, 0.15) is 5.82 Å². The van der Waals surface area contributed by atoms with E-state index in [9.17, 15) is 9.50 Å². The summed E-state index contributed by atoms with van der Waals surface area (Å²) in [5.41, 5.74) is 1.59. The minimum absolute atomic E-state index is 0.265. The normalized spacial score (nSPS) is 23.6. The minimum atomic E-state index is -0.593. The molecule has 1 atom stereocenters. The van der Waals surface area contributed by atoms with Crippen LogP contribution in [0.15, 0.2) is 18.2 Å². The first kappa shape index (κ1) is 14.9. The minimum Gasteiger partial charge on any atom is -0.387 e. The zero-order chi connectivity index (χ0) is 14.9. The summed E-state index contributed by atoms with van der Waals surface area (Å²) in [5.74, 6) is -0.647. The SMILES string of the molecule is Cc1cc(F)ccc1C(O)CN1CCC2(CC1)OCCO2. The van der Waals surface area contributed by atoms with E-state index in [-0.39, 0.29) is 11.6 Å². The molecule has 5 heteroatoms. The van der Waals surface area contributed by atoms with Crippen LogP contribution in [0.4, 0.5) is 4.39 Å². The van der Waals surface area contributed by atoms with E-state index < -0.39 is 6.10 Å². The number of rotatable bonds is 3. The fourth-order valence-corrected chi connectivity index (χ4v) is 3.22. The Hall–Kier alpha value is -1.01. The van der Waals surface area contributed by atoms with Gasteiger partial charge in [-0.1, -0.05) is 6.07 Å². The Morgan fingerprint density at radius 2 is 1.95 bits per heavy atom. The Morgan fingerprint density at radius 1 is 1.29 bits per heavy atom. The fraction of sp³-hybridized carbons (Fsp3) is 0.625. The van der Waals surface area contributed by atoms with E-state index in [2.05, 4.69) is 4.90 Å². The smallest absolute Gasteiger partial charge is 0.170 e. The van der Waals surface area contributed by atoms with E-state index in [1.165, 1.54) is 12.1 Å². The number of nitrogens with zero attached hydrogens (tertiary/aromatic N) is 1. The molecule has 1 spiro atoms. The standard InChI is InChI=1S/C16H22FNO3/c1-12-10-13(17)2-3-14(12)15(19)11-18-6-4-16(5-7-18)20-8-9-21-16/h2-3,10,15,19H,4-9,11H2,1H3. The topological polar surface area (TPSA) is 41.9 Å². The lowest BCUT2D eigenvalue weighted by Crippen LogP contribution is -2.46. The second kappa shape index (κ2) is 6.01. The molecule has 4 nitrogen and oxygen atoms in total. The number of aliphatic hydroxyl groups is 1. The zero-order valence-corrected chi connectivity index (χ0v) is 12.3. The van der Waals surface area contributed by atoms with Crippen LogP contribution in [0.1, 0.15) is 30.1 Å². The number of likely N-dealkylation sites (tertiary alicyclic amines) is 1. The summed E-state index contributed by atoms with van der Waals surface area (Å²) in [6.45, 7) is 5.43. The Morgan fingerprint density at radius 3 is 2.57 bits per heavy atom. The lowest BCUT2D eigenvalue weighted by atomic mass is 10.00. The fourth-order valence-electron chi connectivity index (χ4n) is 3.22. The van der Waals surface area contributed by atoms with Gasteiger partial charge in [0.05, 0.1) is 19.3 Å². The molecule has 2 saturated heterocycles. The molecule has 1 N–H and O–H groups in total. The molecule has 0 radical (unpaired) electrons. The Kier molecular flexibility index (Phi) is 4.26. The van der Waals surface area contributed by atoms with Crippen molar-refractivity contribution in [2.45, 2.75) is 31.7 Å². The first-order chi connectivity index (χ1) is 10.1. The second-order valence-corrected chi connectivity index (χ2v) is 5.92. The Bertz CT molecular complexity index is 492.